The number of ether oxygens (including phenoxy) is 1. The second kappa shape index (κ2) is 7.98. The minimum absolute atomic E-state index is 0.0605. The van der Waals surface area contributed by atoms with Crippen LogP contribution in [0.5, 0.6) is 5.75 Å². The van der Waals surface area contributed by atoms with Crippen LogP contribution in [0.1, 0.15) is 27.2 Å². The van der Waals surface area contributed by atoms with Gasteiger partial charge >= 0.3 is 6.03 Å². The average Bonchev–Trinajstić information content (AvgIpc) is 2.96. The Balaban J connectivity index is 1.59. The molecule has 2 aliphatic rings. The molecule has 3 amide bonds. The fraction of sp³-hybridized carbons (Fsp3) is 0.600. The van der Waals surface area contributed by atoms with Gasteiger partial charge in [-0.1, -0.05) is 13.8 Å². The summed E-state index contributed by atoms with van der Waals surface area (Å²) in [6.07, 6.45) is 1.16. The zero-order chi connectivity index (χ0) is 18.7. The molecular weight excluding hydrogens is 330 g/mol. The normalized spacial score (nSPS) is 23.5. The maximum Gasteiger partial charge on any atom is 0.325 e. The summed E-state index contributed by atoms with van der Waals surface area (Å²) in [6, 6.07) is 7.43. The van der Waals surface area contributed by atoms with Crippen molar-refractivity contribution in [1.82, 2.24) is 9.80 Å². The Morgan fingerprint density at radius 3 is 2.38 bits per heavy atom. The van der Waals surface area contributed by atoms with Gasteiger partial charge in [-0.2, -0.15) is 0 Å². The second-order valence-corrected chi connectivity index (χ2v) is 7.53. The van der Waals surface area contributed by atoms with E-state index >= 15 is 0 Å². The van der Waals surface area contributed by atoms with Gasteiger partial charge in [0.1, 0.15) is 12.3 Å². The standard InChI is InChI=1S/C20H29N3O3/c1-4-26-18-7-5-17(6-8-18)23-10-9-21(20(23)25)14-19(24)22-12-15(2)11-16(3)13-22/h5-8,15-16H,4,9-14H2,1-3H3. The lowest BCUT2D eigenvalue weighted by Crippen LogP contribution is -2.47. The summed E-state index contributed by atoms with van der Waals surface area (Å²) in [5, 5.41) is 0. The predicted molar refractivity (Wildman–Crippen MR) is 101 cm³/mol. The molecule has 0 aromatic heterocycles. The average molecular weight is 359 g/mol. The van der Waals surface area contributed by atoms with Crippen molar-refractivity contribution in [3.05, 3.63) is 24.3 Å². The van der Waals surface area contributed by atoms with Crippen LogP contribution in [-0.4, -0.2) is 61.1 Å². The molecule has 2 atom stereocenters. The van der Waals surface area contributed by atoms with Crippen molar-refractivity contribution in [2.45, 2.75) is 27.2 Å². The van der Waals surface area contributed by atoms with Crippen LogP contribution in [0.25, 0.3) is 0 Å². The van der Waals surface area contributed by atoms with Crippen molar-refractivity contribution in [3.63, 3.8) is 0 Å². The first-order chi connectivity index (χ1) is 12.5. The van der Waals surface area contributed by atoms with E-state index in [1.54, 1.807) is 9.80 Å². The van der Waals surface area contributed by atoms with E-state index in [2.05, 4.69) is 13.8 Å². The fourth-order valence-electron chi connectivity index (χ4n) is 3.99. The molecule has 0 bridgehead atoms. The van der Waals surface area contributed by atoms with E-state index in [4.69, 9.17) is 4.74 Å². The Morgan fingerprint density at radius 1 is 1.12 bits per heavy atom. The number of likely N-dealkylation sites (tertiary alicyclic amines) is 1. The highest BCUT2D eigenvalue weighted by molar-refractivity contribution is 5.96. The molecule has 0 aliphatic carbocycles. The van der Waals surface area contributed by atoms with Crippen LogP contribution in [0.2, 0.25) is 0 Å². The topological polar surface area (TPSA) is 53.1 Å². The first-order valence-corrected chi connectivity index (χ1v) is 9.55. The van der Waals surface area contributed by atoms with E-state index in [0.29, 0.717) is 31.5 Å². The Bertz CT molecular complexity index is 636. The number of piperidine rings is 1. The highest BCUT2D eigenvalue weighted by atomic mass is 16.5. The molecule has 2 saturated heterocycles. The number of hydrogen-bond acceptors (Lipinski definition) is 3. The summed E-state index contributed by atoms with van der Waals surface area (Å²) >= 11 is 0. The van der Waals surface area contributed by atoms with Crippen LogP contribution >= 0.6 is 0 Å². The minimum atomic E-state index is -0.0967. The summed E-state index contributed by atoms with van der Waals surface area (Å²) in [7, 11) is 0. The van der Waals surface area contributed by atoms with Gasteiger partial charge in [-0.25, -0.2) is 4.79 Å². The predicted octanol–water partition coefficient (Wildman–Crippen LogP) is 2.83. The molecule has 2 fully saturated rings. The molecule has 6 nitrogen and oxygen atoms in total. The molecule has 142 valence electrons. The first-order valence-electron chi connectivity index (χ1n) is 9.55. The number of anilines is 1. The van der Waals surface area contributed by atoms with Gasteiger partial charge in [0.15, 0.2) is 0 Å². The maximum atomic E-state index is 12.7. The van der Waals surface area contributed by atoms with Crippen molar-refractivity contribution in [2.24, 2.45) is 11.8 Å². The zero-order valence-electron chi connectivity index (χ0n) is 16.0. The van der Waals surface area contributed by atoms with Gasteiger partial charge in [0.05, 0.1) is 6.61 Å². The van der Waals surface area contributed by atoms with Crippen LogP contribution in [0, 0.1) is 11.8 Å². The summed E-state index contributed by atoms with van der Waals surface area (Å²) in [6.45, 7) is 9.88. The molecule has 3 rings (SSSR count). The highest BCUT2D eigenvalue weighted by Gasteiger charge is 2.33. The van der Waals surface area contributed by atoms with Gasteiger partial charge in [0.2, 0.25) is 5.91 Å². The lowest BCUT2D eigenvalue weighted by Gasteiger charge is -2.35. The maximum absolute atomic E-state index is 12.7. The van der Waals surface area contributed by atoms with Gasteiger partial charge < -0.3 is 14.5 Å². The van der Waals surface area contributed by atoms with Gasteiger partial charge in [-0.15, -0.1) is 0 Å². The van der Waals surface area contributed by atoms with Crippen molar-refractivity contribution < 1.29 is 14.3 Å². The van der Waals surface area contributed by atoms with E-state index in [1.807, 2.05) is 36.1 Å². The quantitative estimate of drug-likeness (QED) is 0.812. The molecule has 0 radical (unpaired) electrons. The molecule has 2 heterocycles. The van der Waals surface area contributed by atoms with Crippen molar-refractivity contribution in [1.29, 1.82) is 0 Å². The van der Waals surface area contributed by atoms with Crippen LogP contribution in [0.4, 0.5) is 10.5 Å². The van der Waals surface area contributed by atoms with E-state index in [-0.39, 0.29) is 18.5 Å². The third kappa shape index (κ3) is 4.11. The lowest BCUT2D eigenvalue weighted by atomic mass is 9.92. The minimum Gasteiger partial charge on any atom is -0.494 e. The highest BCUT2D eigenvalue weighted by Crippen LogP contribution is 2.24. The molecule has 0 N–H and O–H groups in total. The van der Waals surface area contributed by atoms with Gasteiger partial charge in [0.25, 0.3) is 0 Å². The van der Waals surface area contributed by atoms with Crippen LogP contribution in [0.15, 0.2) is 24.3 Å². The Labute approximate surface area is 155 Å². The Morgan fingerprint density at radius 2 is 1.77 bits per heavy atom. The molecule has 1 aromatic rings. The number of rotatable bonds is 5. The third-order valence-corrected chi connectivity index (χ3v) is 5.10. The number of nitrogens with zero attached hydrogens (tertiary/aromatic N) is 3. The molecule has 26 heavy (non-hydrogen) atoms. The van der Waals surface area contributed by atoms with Gasteiger partial charge in [0, 0.05) is 31.9 Å². The second-order valence-electron chi connectivity index (χ2n) is 7.53. The van der Waals surface area contributed by atoms with Crippen molar-refractivity contribution >= 4 is 17.6 Å². The van der Waals surface area contributed by atoms with E-state index in [1.165, 1.54) is 0 Å². The fourth-order valence-corrected chi connectivity index (χ4v) is 3.99. The number of amides is 3. The zero-order valence-corrected chi connectivity index (χ0v) is 16.0. The molecule has 0 saturated carbocycles. The molecular formula is C20H29N3O3. The smallest absolute Gasteiger partial charge is 0.325 e. The molecule has 2 unspecified atom stereocenters. The number of benzene rings is 1. The number of carbonyl (C=O) groups is 2. The van der Waals surface area contributed by atoms with Gasteiger partial charge in [-0.3, -0.25) is 9.69 Å². The molecule has 2 aliphatic heterocycles. The van der Waals surface area contributed by atoms with E-state index in [0.717, 1.165) is 30.9 Å². The largest absolute Gasteiger partial charge is 0.494 e. The monoisotopic (exact) mass is 359 g/mol. The number of urea groups is 1. The van der Waals surface area contributed by atoms with Crippen LogP contribution in [0.3, 0.4) is 0 Å². The first kappa shape index (κ1) is 18.5. The van der Waals surface area contributed by atoms with Crippen molar-refractivity contribution in [2.75, 3.05) is 44.2 Å². The molecule has 1 aromatic carbocycles. The molecule has 6 heteroatoms. The summed E-state index contributed by atoms with van der Waals surface area (Å²) in [4.78, 5) is 30.7. The van der Waals surface area contributed by atoms with Gasteiger partial charge in [-0.05, 0) is 49.4 Å². The summed E-state index contributed by atoms with van der Waals surface area (Å²) in [5.74, 6) is 1.91. The number of hydrogen-bond donors (Lipinski definition) is 0. The van der Waals surface area contributed by atoms with E-state index in [9.17, 15) is 9.59 Å². The Kier molecular flexibility index (Phi) is 5.69. The lowest BCUT2D eigenvalue weighted by molar-refractivity contribution is -0.134. The SMILES string of the molecule is CCOc1ccc(N2CCN(CC(=O)N3CC(C)CC(C)C3)C2=O)cc1. The molecule has 0 spiro atoms. The van der Waals surface area contributed by atoms with Crippen LogP contribution < -0.4 is 9.64 Å². The third-order valence-electron chi connectivity index (χ3n) is 5.10. The van der Waals surface area contributed by atoms with Crippen molar-refractivity contribution in [3.8, 4) is 5.75 Å². The summed E-state index contributed by atoms with van der Waals surface area (Å²) < 4.78 is 5.44. The van der Waals surface area contributed by atoms with E-state index < -0.39 is 0 Å². The van der Waals surface area contributed by atoms with Crippen LogP contribution in [-0.2, 0) is 4.79 Å². The Hall–Kier alpha value is -2.24. The summed E-state index contributed by atoms with van der Waals surface area (Å²) in [5.41, 5.74) is 0.841. The number of carbonyl (C=O) groups excluding carboxylic acids is 2.